The lowest BCUT2D eigenvalue weighted by Gasteiger charge is -2.48. The molecule has 0 aromatic carbocycles. The molecule has 0 aromatic heterocycles. The van der Waals surface area contributed by atoms with Gasteiger partial charge in [0.25, 0.3) is 0 Å². The molecule has 1 saturated carbocycles. The molecule has 1 saturated heterocycles. The molecule has 2 fully saturated rings. The summed E-state index contributed by atoms with van der Waals surface area (Å²) in [7, 11) is 0. The topological polar surface area (TPSA) is 15.3 Å². The summed E-state index contributed by atoms with van der Waals surface area (Å²) < 4.78 is 0. The Hall–Kier alpha value is -0.0800. The van der Waals surface area contributed by atoms with E-state index in [2.05, 4.69) is 31.0 Å². The van der Waals surface area contributed by atoms with Gasteiger partial charge in [-0.3, -0.25) is 4.90 Å². The van der Waals surface area contributed by atoms with Crippen molar-refractivity contribution >= 4 is 0 Å². The minimum Gasteiger partial charge on any atom is -0.308 e. The predicted octanol–water partition coefficient (Wildman–Crippen LogP) is 4.20. The van der Waals surface area contributed by atoms with E-state index in [1.165, 1.54) is 77.4 Å². The maximum Gasteiger partial charge on any atom is 0.0309 e. The zero-order valence-electron chi connectivity index (χ0n) is 14.1. The first-order chi connectivity index (χ1) is 9.67. The normalized spacial score (nSPS) is 26.7. The van der Waals surface area contributed by atoms with Crippen LogP contribution in [0.4, 0.5) is 0 Å². The Morgan fingerprint density at radius 2 is 1.80 bits per heavy atom. The minimum absolute atomic E-state index is 0.481. The average molecular weight is 280 g/mol. The van der Waals surface area contributed by atoms with E-state index in [0.29, 0.717) is 5.54 Å². The SMILES string of the molecule is CCCCCCCN1CC2(CCCC2)NCC1C(C)C. The summed E-state index contributed by atoms with van der Waals surface area (Å²) in [6, 6.07) is 0.757. The Balaban J connectivity index is 1.83. The molecule has 0 radical (unpaired) electrons. The zero-order chi connectivity index (χ0) is 14.4. The lowest BCUT2D eigenvalue weighted by atomic mass is 9.89. The van der Waals surface area contributed by atoms with E-state index >= 15 is 0 Å². The van der Waals surface area contributed by atoms with Crippen molar-refractivity contribution in [1.29, 1.82) is 0 Å². The number of hydrogen-bond acceptors (Lipinski definition) is 2. The smallest absolute Gasteiger partial charge is 0.0309 e. The van der Waals surface area contributed by atoms with Crippen molar-refractivity contribution in [2.75, 3.05) is 19.6 Å². The first kappa shape index (κ1) is 16.3. The minimum atomic E-state index is 0.481. The van der Waals surface area contributed by atoms with Crippen LogP contribution in [0.5, 0.6) is 0 Å². The molecule has 1 spiro atoms. The van der Waals surface area contributed by atoms with Crippen LogP contribution in [0, 0.1) is 5.92 Å². The third kappa shape index (κ3) is 4.21. The summed E-state index contributed by atoms with van der Waals surface area (Å²) in [4.78, 5) is 2.83. The number of hydrogen-bond donors (Lipinski definition) is 1. The largest absolute Gasteiger partial charge is 0.308 e. The van der Waals surface area contributed by atoms with Crippen LogP contribution < -0.4 is 5.32 Å². The highest BCUT2D eigenvalue weighted by Gasteiger charge is 2.41. The molecule has 2 rings (SSSR count). The van der Waals surface area contributed by atoms with Crippen LogP contribution in [0.15, 0.2) is 0 Å². The standard InChI is InChI=1S/C18H36N2/c1-4-5-6-7-10-13-20-15-18(11-8-9-12-18)19-14-17(20)16(2)3/h16-17,19H,4-15H2,1-3H3. The summed E-state index contributed by atoms with van der Waals surface area (Å²) in [5.41, 5.74) is 0.481. The van der Waals surface area contributed by atoms with E-state index in [1.807, 2.05) is 0 Å². The van der Waals surface area contributed by atoms with Gasteiger partial charge in [0.15, 0.2) is 0 Å². The van der Waals surface area contributed by atoms with Crippen LogP contribution in [0.2, 0.25) is 0 Å². The third-order valence-corrected chi connectivity index (χ3v) is 5.54. The van der Waals surface area contributed by atoms with Gasteiger partial charge in [0.2, 0.25) is 0 Å². The lowest BCUT2D eigenvalue weighted by molar-refractivity contribution is 0.0556. The molecule has 0 amide bonds. The molecule has 118 valence electrons. The van der Waals surface area contributed by atoms with Gasteiger partial charge in [0.1, 0.15) is 0 Å². The van der Waals surface area contributed by atoms with Crippen molar-refractivity contribution in [3.63, 3.8) is 0 Å². The van der Waals surface area contributed by atoms with E-state index < -0.39 is 0 Å². The maximum absolute atomic E-state index is 3.92. The molecule has 0 bridgehead atoms. The summed E-state index contributed by atoms with van der Waals surface area (Å²) in [5.74, 6) is 0.775. The molecule has 20 heavy (non-hydrogen) atoms. The summed E-state index contributed by atoms with van der Waals surface area (Å²) >= 11 is 0. The fraction of sp³-hybridized carbons (Fsp3) is 1.00. The van der Waals surface area contributed by atoms with E-state index in [9.17, 15) is 0 Å². The van der Waals surface area contributed by atoms with Gasteiger partial charge >= 0.3 is 0 Å². The van der Waals surface area contributed by atoms with Crippen molar-refractivity contribution in [3.05, 3.63) is 0 Å². The van der Waals surface area contributed by atoms with Gasteiger partial charge < -0.3 is 5.32 Å². The molecule has 1 N–H and O–H groups in total. The number of unbranched alkanes of at least 4 members (excludes halogenated alkanes) is 4. The third-order valence-electron chi connectivity index (χ3n) is 5.54. The summed E-state index contributed by atoms with van der Waals surface area (Å²) in [5, 5.41) is 3.92. The molecule has 2 nitrogen and oxygen atoms in total. The maximum atomic E-state index is 3.92. The first-order valence-corrected chi connectivity index (χ1v) is 9.16. The molecule has 2 heteroatoms. The fourth-order valence-corrected chi connectivity index (χ4v) is 4.22. The van der Waals surface area contributed by atoms with Crippen molar-refractivity contribution < 1.29 is 0 Å². The van der Waals surface area contributed by atoms with Crippen LogP contribution in [0.1, 0.15) is 78.6 Å². The number of nitrogens with zero attached hydrogens (tertiary/aromatic N) is 1. The monoisotopic (exact) mass is 280 g/mol. The quantitative estimate of drug-likeness (QED) is 0.703. The van der Waals surface area contributed by atoms with Gasteiger partial charge in [-0.05, 0) is 31.7 Å². The van der Waals surface area contributed by atoms with Crippen molar-refractivity contribution in [1.82, 2.24) is 10.2 Å². The highest BCUT2D eigenvalue weighted by atomic mass is 15.3. The average Bonchev–Trinajstić information content (AvgIpc) is 2.86. The zero-order valence-corrected chi connectivity index (χ0v) is 14.1. The Bertz CT molecular complexity index is 269. The molecule has 1 heterocycles. The van der Waals surface area contributed by atoms with Crippen LogP contribution in [0.3, 0.4) is 0 Å². The van der Waals surface area contributed by atoms with Crippen LogP contribution in [-0.4, -0.2) is 36.1 Å². The molecule has 1 atom stereocenters. The predicted molar refractivity (Wildman–Crippen MR) is 88.2 cm³/mol. The Morgan fingerprint density at radius 3 is 2.45 bits per heavy atom. The number of rotatable bonds is 7. The highest BCUT2D eigenvalue weighted by Crippen LogP contribution is 2.34. The van der Waals surface area contributed by atoms with Crippen LogP contribution in [-0.2, 0) is 0 Å². The van der Waals surface area contributed by atoms with Crippen molar-refractivity contribution in [2.45, 2.75) is 90.1 Å². The summed E-state index contributed by atoms with van der Waals surface area (Å²) in [6.07, 6.45) is 12.7. The highest BCUT2D eigenvalue weighted by molar-refractivity contribution is 5.01. The first-order valence-electron chi connectivity index (χ1n) is 9.16. The van der Waals surface area contributed by atoms with Crippen molar-refractivity contribution in [3.8, 4) is 0 Å². The van der Waals surface area contributed by atoms with Crippen LogP contribution >= 0.6 is 0 Å². The van der Waals surface area contributed by atoms with Gasteiger partial charge in [-0.2, -0.15) is 0 Å². The van der Waals surface area contributed by atoms with Gasteiger partial charge in [-0.15, -0.1) is 0 Å². The second-order valence-electron chi connectivity index (χ2n) is 7.56. The van der Waals surface area contributed by atoms with E-state index in [4.69, 9.17) is 0 Å². The van der Waals surface area contributed by atoms with Gasteiger partial charge in [0.05, 0.1) is 0 Å². The molecule has 2 aliphatic rings. The second-order valence-corrected chi connectivity index (χ2v) is 7.56. The van der Waals surface area contributed by atoms with Crippen molar-refractivity contribution in [2.24, 2.45) is 5.92 Å². The molecular formula is C18H36N2. The number of nitrogens with one attached hydrogen (secondary N) is 1. The molecule has 1 unspecified atom stereocenters. The Labute approximate surface area is 126 Å². The van der Waals surface area contributed by atoms with E-state index in [1.54, 1.807) is 0 Å². The van der Waals surface area contributed by atoms with Gasteiger partial charge in [-0.1, -0.05) is 59.3 Å². The Kier molecular flexibility index (Phi) is 6.35. The van der Waals surface area contributed by atoms with Crippen LogP contribution in [0.25, 0.3) is 0 Å². The van der Waals surface area contributed by atoms with E-state index in [0.717, 1.165) is 12.0 Å². The Morgan fingerprint density at radius 1 is 1.10 bits per heavy atom. The lowest BCUT2D eigenvalue weighted by Crippen LogP contribution is -2.64. The summed E-state index contributed by atoms with van der Waals surface area (Å²) in [6.45, 7) is 10.9. The van der Waals surface area contributed by atoms with Gasteiger partial charge in [0, 0.05) is 24.7 Å². The van der Waals surface area contributed by atoms with E-state index in [-0.39, 0.29) is 0 Å². The van der Waals surface area contributed by atoms with Gasteiger partial charge in [-0.25, -0.2) is 0 Å². The second kappa shape index (κ2) is 7.79. The fourth-order valence-electron chi connectivity index (χ4n) is 4.22. The molecule has 1 aliphatic heterocycles. The molecule has 0 aromatic rings. The molecular weight excluding hydrogens is 244 g/mol. The molecule has 1 aliphatic carbocycles. The number of piperazine rings is 1.